The van der Waals surface area contributed by atoms with Crippen molar-refractivity contribution in [3.05, 3.63) is 83.0 Å². The highest BCUT2D eigenvalue weighted by atomic mass is 35.5. The Balaban J connectivity index is 1.59. The summed E-state index contributed by atoms with van der Waals surface area (Å²) in [5.41, 5.74) is 1.80. The molecule has 1 saturated heterocycles. The second-order valence-corrected chi connectivity index (χ2v) is 9.98. The number of carbonyl (C=O) groups is 1. The fraction of sp³-hybridized carbons (Fsp3) is 0.333. The van der Waals surface area contributed by atoms with Crippen LogP contribution in [0.4, 0.5) is 4.79 Å². The van der Waals surface area contributed by atoms with E-state index in [1.165, 1.54) is 5.56 Å². The lowest BCUT2D eigenvalue weighted by atomic mass is 9.97. The van der Waals surface area contributed by atoms with Crippen LogP contribution in [0.25, 0.3) is 17.0 Å². The molecule has 0 radical (unpaired) electrons. The van der Waals surface area contributed by atoms with E-state index < -0.39 is 17.2 Å². The Morgan fingerprint density at radius 2 is 1.91 bits per heavy atom. The van der Waals surface area contributed by atoms with Crippen LogP contribution in [-0.4, -0.2) is 40.2 Å². The van der Waals surface area contributed by atoms with E-state index in [1.54, 1.807) is 0 Å². The number of hydrogen-bond donors (Lipinski definition) is 1. The van der Waals surface area contributed by atoms with Crippen LogP contribution in [0.3, 0.4) is 0 Å². The highest BCUT2D eigenvalue weighted by Gasteiger charge is 2.38. The van der Waals surface area contributed by atoms with Crippen molar-refractivity contribution in [3.8, 4) is 0 Å². The van der Waals surface area contributed by atoms with Crippen LogP contribution in [0.5, 0.6) is 0 Å². The summed E-state index contributed by atoms with van der Waals surface area (Å²) >= 11 is 6.48. The number of alkyl carbamates (subject to hydrolysis) is 1. The van der Waals surface area contributed by atoms with E-state index in [0.29, 0.717) is 11.7 Å². The number of pyridine rings is 1. The van der Waals surface area contributed by atoms with Gasteiger partial charge in [0.05, 0.1) is 11.1 Å². The zero-order valence-corrected chi connectivity index (χ0v) is 20.1. The molecule has 1 fully saturated rings. The summed E-state index contributed by atoms with van der Waals surface area (Å²) in [6.45, 7) is 7.96. The largest absolute Gasteiger partial charge is 0.444 e. The van der Waals surface area contributed by atoms with Crippen LogP contribution in [0, 0.1) is 0 Å². The molecule has 3 aromatic rings. The van der Waals surface area contributed by atoms with Gasteiger partial charge < -0.3 is 10.1 Å². The van der Waals surface area contributed by atoms with E-state index in [-0.39, 0.29) is 0 Å². The fourth-order valence-electron chi connectivity index (χ4n) is 4.15. The molecule has 1 atom stereocenters. The smallest absolute Gasteiger partial charge is 0.408 e. The number of fused-ring (bicyclic) bond motifs is 1. The van der Waals surface area contributed by atoms with Gasteiger partial charge in [-0.25, -0.2) is 9.78 Å². The van der Waals surface area contributed by atoms with Gasteiger partial charge in [-0.1, -0.05) is 72.3 Å². The number of hydrogen-bond acceptors (Lipinski definition) is 4. The van der Waals surface area contributed by atoms with Crippen molar-refractivity contribution in [3.63, 3.8) is 0 Å². The monoisotopic (exact) mass is 463 g/mol. The van der Waals surface area contributed by atoms with Gasteiger partial charge in [-0.15, -0.1) is 0 Å². The van der Waals surface area contributed by atoms with E-state index in [9.17, 15) is 4.79 Å². The molecule has 0 bridgehead atoms. The van der Waals surface area contributed by atoms with Crippen LogP contribution < -0.4 is 5.32 Å². The molecule has 0 saturated carbocycles. The van der Waals surface area contributed by atoms with Crippen LogP contribution in [0.15, 0.2) is 66.7 Å². The molecule has 2 heterocycles. The molecule has 0 aliphatic carbocycles. The molecule has 1 aliphatic heterocycles. The number of aromatic nitrogens is 1. The van der Waals surface area contributed by atoms with Crippen molar-refractivity contribution in [2.24, 2.45) is 0 Å². The van der Waals surface area contributed by atoms with E-state index in [1.807, 2.05) is 81.5 Å². The summed E-state index contributed by atoms with van der Waals surface area (Å²) in [5.74, 6) is 0. The van der Waals surface area contributed by atoms with Gasteiger partial charge >= 0.3 is 6.09 Å². The van der Waals surface area contributed by atoms with Gasteiger partial charge in [0.2, 0.25) is 0 Å². The van der Waals surface area contributed by atoms with E-state index in [0.717, 1.165) is 36.0 Å². The number of nitrogens with one attached hydrogen (secondary N) is 1. The molecule has 2 aromatic carbocycles. The molecule has 1 amide bonds. The van der Waals surface area contributed by atoms with Gasteiger partial charge in [0, 0.05) is 30.6 Å². The standard InChI is InChI=1S/C27H30ClN3O2/c1-26(2,3)33-25(32)30-27(15-16-31(19-27)18-20-9-5-4-6-10-20)14-13-22-17-21-11-7-8-12-23(21)29-24(22)28/h4-14,17H,15-16,18-19H2,1-3H3,(H,30,32). The zero-order valence-electron chi connectivity index (χ0n) is 19.3. The first-order valence-corrected chi connectivity index (χ1v) is 11.6. The van der Waals surface area contributed by atoms with E-state index >= 15 is 0 Å². The fourth-order valence-corrected chi connectivity index (χ4v) is 4.36. The molecule has 4 rings (SSSR count). The summed E-state index contributed by atoms with van der Waals surface area (Å²) in [4.78, 5) is 19.6. The van der Waals surface area contributed by atoms with Gasteiger partial charge in [-0.3, -0.25) is 4.90 Å². The maximum Gasteiger partial charge on any atom is 0.408 e. The van der Waals surface area contributed by atoms with E-state index in [4.69, 9.17) is 16.3 Å². The topological polar surface area (TPSA) is 54.5 Å². The number of halogens is 1. The van der Waals surface area contributed by atoms with Crippen LogP contribution in [-0.2, 0) is 11.3 Å². The predicted octanol–water partition coefficient (Wildman–Crippen LogP) is 6.07. The average Bonchev–Trinajstić information content (AvgIpc) is 3.14. The highest BCUT2D eigenvalue weighted by Crippen LogP contribution is 2.28. The zero-order chi connectivity index (χ0) is 23.5. The van der Waals surface area contributed by atoms with Gasteiger partial charge in [0.25, 0.3) is 0 Å². The SMILES string of the molecule is CC(C)(C)OC(=O)NC1(C=Cc2cc3ccccc3nc2Cl)CCN(Cc2ccccc2)C1. The van der Waals surface area contributed by atoms with Crippen LogP contribution >= 0.6 is 11.6 Å². The van der Waals surface area contributed by atoms with Gasteiger partial charge in [0.1, 0.15) is 10.8 Å². The van der Waals surface area contributed by atoms with Crippen molar-refractivity contribution < 1.29 is 9.53 Å². The minimum absolute atomic E-state index is 0.420. The van der Waals surface area contributed by atoms with Crippen molar-refractivity contribution in [1.82, 2.24) is 15.2 Å². The number of ether oxygens (including phenoxy) is 1. The Morgan fingerprint density at radius 1 is 1.18 bits per heavy atom. The van der Waals surface area contributed by atoms with Crippen LogP contribution in [0.2, 0.25) is 5.15 Å². The lowest BCUT2D eigenvalue weighted by molar-refractivity contribution is 0.0480. The number of nitrogens with zero attached hydrogens (tertiary/aromatic N) is 2. The number of para-hydroxylation sites is 1. The Morgan fingerprint density at radius 3 is 2.67 bits per heavy atom. The van der Waals surface area contributed by atoms with Crippen LogP contribution in [0.1, 0.15) is 38.3 Å². The van der Waals surface area contributed by atoms with Crippen molar-refractivity contribution in [2.45, 2.75) is 44.9 Å². The first-order chi connectivity index (χ1) is 15.7. The van der Waals surface area contributed by atoms with E-state index in [2.05, 4.69) is 27.3 Å². The number of benzene rings is 2. The van der Waals surface area contributed by atoms with Gasteiger partial charge in [0.15, 0.2) is 0 Å². The molecule has 1 unspecified atom stereocenters. The number of amides is 1. The first-order valence-electron chi connectivity index (χ1n) is 11.2. The summed E-state index contributed by atoms with van der Waals surface area (Å²) in [5, 5.41) is 4.60. The molecule has 0 spiro atoms. The quantitative estimate of drug-likeness (QED) is 0.466. The Labute approximate surface area is 200 Å². The van der Waals surface area contributed by atoms with Crippen molar-refractivity contribution in [2.75, 3.05) is 13.1 Å². The predicted molar refractivity (Wildman–Crippen MR) is 134 cm³/mol. The lowest BCUT2D eigenvalue weighted by Gasteiger charge is -2.29. The molecular weight excluding hydrogens is 434 g/mol. The second kappa shape index (κ2) is 9.54. The molecule has 1 aliphatic rings. The minimum atomic E-state index is -0.567. The normalized spacial score (nSPS) is 19.3. The van der Waals surface area contributed by atoms with Gasteiger partial charge in [-0.2, -0.15) is 0 Å². The molecular formula is C27H30ClN3O2. The summed E-state index contributed by atoms with van der Waals surface area (Å²) in [6, 6.07) is 20.3. The molecule has 33 heavy (non-hydrogen) atoms. The Hall–Kier alpha value is -2.89. The molecule has 172 valence electrons. The number of likely N-dealkylation sites (tertiary alicyclic amines) is 1. The maximum absolute atomic E-state index is 12.7. The second-order valence-electron chi connectivity index (χ2n) is 9.62. The summed E-state index contributed by atoms with van der Waals surface area (Å²) in [6.07, 6.45) is 4.36. The number of carbonyl (C=O) groups excluding carboxylic acids is 1. The van der Waals surface area contributed by atoms with Crippen molar-refractivity contribution in [1.29, 1.82) is 0 Å². The third kappa shape index (κ3) is 6.12. The third-order valence-electron chi connectivity index (χ3n) is 5.67. The molecule has 1 aromatic heterocycles. The highest BCUT2D eigenvalue weighted by molar-refractivity contribution is 6.31. The van der Waals surface area contributed by atoms with Crippen molar-refractivity contribution >= 4 is 34.7 Å². The first kappa shape index (κ1) is 23.3. The third-order valence-corrected chi connectivity index (χ3v) is 5.97. The molecule has 5 nitrogen and oxygen atoms in total. The number of rotatable bonds is 5. The summed E-state index contributed by atoms with van der Waals surface area (Å²) in [7, 11) is 0. The van der Waals surface area contributed by atoms with Gasteiger partial charge in [-0.05, 0) is 44.9 Å². The summed E-state index contributed by atoms with van der Waals surface area (Å²) < 4.78 is 5.57. The molecule has 6 heteroatoms. The lowest BCUT2D eigenvalue weighted by Crippen LogP contribution is -2.50. The minimum Gasteiger partial charge on any atom is -0.444 e. The Bertz CT molecular complexity index is 1160. The maximum atomic E-state index is 12.7. The molecule has 1 N–H and O–H groups in total. The average molecular weight is 464 g/mol. The Kier molecular flexibility index (Phi) is 6.73.